The fourth-order valence-corrected chi connectivity index (χ4v) is 1.78. The molecule has 3 nitrogen and oxygen atoms in total. The highest BCUT2D eigenvalue weighted by Crippen LogP contribution is 2.28. The zero-order chi connectivity index (χ0) is 9.35. The van der Waals surface area contributed by atoms with Crippen LogP contribution in [-0.2, 0) is 0 Å². The third kappa shape index (κ3) is 1.33. The molecule has 0 bridgehead atoms. The Hall–Kier alpha value is -0.590. The van der Waals surface area contributed by atoms with Crippen molar-refractivity contribution in [3.05, 3.63) is 0 Å². The molecule has 1 rings (SSSR count). The largest absolute Gasteiger partial charge is 0.301 e. The van der Waals surface area contributed by atoms with Gasteiger partial charge in [-0.2, -0.15) is 5.26 Å². The highest BCUT2D eigenvalue weighted by atomic mass is 15.3. The van der Waals surface area contributed by atoms with Crippen LogP contribution < -0.4 is 0 Å². The van der Waals surface area contributed by atoms with Gasteiger partial charge in [-0.1, -0.05) is 0 Å². The summed E-state index contributed by atoms with van der Waals surface area (Å²) in [5.74, 6) is 0. The molecular formula is C9H17N3. The highest BCUT2D eigenvalue weighted by molar-refractivity contribution is 5.14. The molecule has 0 aromatic heterocycles. The van der Waals surface area contributed by atoms with E-state index in [0.717, 1.165) is 13.0 Å². The molecule has 0 radical (unpaired) electrons. The van der Waals surface area contributed by atoms with Crippen LogP contribution in [0.4, 0.5) is 0 Å². The number of nitriles is 1. The molecule has 0 saturated carbocycles. The average molecular weight is 167 g/mol. The fourth-order valence-electron chi connectivity index (χ4n) is 1.78. The molecule has 68 valence electrons. The van der Waals surface area contributed by atoms with Gasteiger partial charge in [-0.15, -0.1) is 0 Å². The molecule has 0 amide bonds. The SMILES string of the molecule is CC1CC(C#N)(N(C)C)CN1C. The van der Waals surface area contributed by atoms with E-state index >= 15 is 0 Å². The Morgan fingerprint density at radius 1 is 1.58 bits per heavy atom. The van der Waals surface area contributed by atoms with Crippen LogP contribution in [0.25, 0.3) is 0 Å². The zero-order valence-electron chi connectivity index (χ0n) is 8.33. The third-order valence-electron chi connectivity index (χ3n) is 2.96. The first-order chi connectivity index (χ1) is 5.52. The lowest BCUT2D eigenvalue weighted by atomic mass is 9.97. The monoisotopic (exact) mass is 167 g/mol. The molecule has 1 heterocycles. The highest BCUT2D eigenvalue weighted by Gasteiger charge is 2.42. The minimum Gasteiger partial charge on any atom is -0.301 e. The number of rotatable bonds is 1. The van der Waals surface area contributed by atoms with Crippen molar-refractivity contribution in [2.75, 3.05) is 27.7 Å². The van der Waals surface area contributed by atoms with E-state index in [0.29, 0.717) is 6.04 Å². The molecule has 1 aliphatic heterocycles. The molecule has 12 heavy (non-hydrogen) atoms. The van der Waals surface area contributed by atoms with Crippen LogP contribution in [0, 0.1) is 11.3 Å². The van der Waals surface area contributed by atoms with Crippen molar-refractivity contribution in [2.45, 2.75) is 24.9 Å². The maximum atomic E-state index is 9.10. The Kier molecular flexibility index (Phi) is 2.41. The average Bonchev–Trinajstić information content (AvgIpc) is 2.29. The van der Waals surface area contributed by atoms with Gasteiger partial charge < -0.3 is 4.90 Å². The molecule has 1 saturated heterocycles. The van der Waals surface area contributed by atoms with E-state index in [2.05, 4.69) is 24.9 Å². The number of nitrogens with zero attached hydrogens (tertiary/aromatic N) is 3. The number of likely N-dealkylation sites (N-methyl/N-ethyl adjacent to an activating group) is 2. The van der Waals surface area contributed by atoms with Gasteiger partial charge in [0.25, 0.3) is 0 Å². The summed E-state index contributed by atoms with van der Waals surface area (Å²) in [5.41, 5.74) is -0.256. The van der Waals surface area contributed by atoms with Gasteiger partial charge in [0.15, 0.2) is 0 Å². The summed E-state index contributed by atoms with van der Waals surface area (Å²) in [6.07, 6.45) is 0.951. The maximum absolute atomic E-state index is 9.10. The van der Waals surface area contributed by atoms with E-state index < -0.39 is 0 Å². The maximum Gasteiger partial charge on any atom is 0.123 e. The van der Waals surface area contributed by atoms with Crippen LogP contribution in [0.2, 0.25) is 0 Å². The van der Waals surface area contributed by atoms with E-state index in [-0.39, 0.29) is 5.54 Å². The molecule has 0 aromatic rings. The van der Waals surface area contributed by atoms with Crippen LogP contribution in [0.5, 0.6) is 0 Å². The molecule has 0 N–H and O–H groups in total. The van der Waals surface area contributed by atoms with E-state index in [4.69, 9.17) is 5.26 Å². The van der Waals surface area contributed by atoms with Crippen LogP contribution in [0.3, 0.4) is 0 Å². The second kappa shape index (κ2) is 3.04. The summed E-state index contributed by atoms with van der Waals surface area (Å²) in [4.78, 5) is 4.27. The molecule has 0 spiro atoms. The van der Waals surface area contributed by atoms with Crippen molar-refractivity contribution in [3.63, 3.8) is 0 Å². The number of likely N-dealkylation sites (tertiary alicyclic amines) is 1. The van der Waals surface area contributed by atoms with Crippen molar-refractivity contribution in [2.24, 2.45) is 0 Å². The molecule has 3 heteroatoms. The van der Waals surface area contributed by atoms with Gasteiger partial charge in [0.1, 0.15) is 5.54 Å². The third-order valence-corrected chi connectivity index (χ3v) is 2.96. The van der Waals surface area contributed by atoms with Crippen LogP contribution in [0.15, 0.2) is 0 Å². The zero-order valence-corrected chi connectivity index (χ0v) is 8.33. The van der Waals surface area contributed by atoms with Crippen molar-refractivity contribution in [1.82, 2.24) is 9.80 Å². The first kappa shape index (κ1) is 9.50. The molecule has 0 aromatic carbocycles. The lowest BCUT2D eigenvalue weighted by Crippen LogP contribution is -2.44. The van der Waals surface area contributed by atoms with E-state index in [1.54, 1.807) is 0 Å². The normalized spacial score (nSPS) is 37.2. The molecule has 0 aliphatic carbocycles. The van der Waals surface area contributed by atoms with Crippen molar-refractivity contribution < 1.29 is 0 Å². The Labute approximate surface area is 74.6 Å². The Balaban J connectivity index is 2.81. The predicted molar refractivity (Wildman–Crippen MR) is 48.7 cm³/mol. The van der Waals surface area contributed by atoms with Gasteiger partial charge in [0.2, 0.25) is 0 Å². The van der Waals surface area contributed by atoms with Crippen LogP contribution in [-0.4, -0.2) is 49.1 Å². The molecule has 2 atom stereocenters. The minimum absolute atomic E-state index is 0.256. The van der Waals surface area contributed by atoms with Crippen LogP contribution >= 0.6 is 0 Å². The molecule has 1 fully saturated rings. The van der Waals surface area contributed by atoms with Gasteiger partial charge >= 0.3 is 0 Å². The first-order valence-electron chi connectivity index (χ1n) is 4.31. The fraction of sp³-hybridized carbons (Fsp3) is 0.889. The second-order valence-corrected chi connectivity index (χ2v) is 4.01. The topological polar surface area (TPSA) is 30.3 Å². The van der Waals surface area contributed by atoms with Gasteiger partial charge in [-0.3, -0.25) is 4.90 Å². The summed E-state index contributed by atoms with van der Waals surface area (Å²) in [5, 5.41) is 9.10. The van der Waals surface area contributed by atoms with E-state index in [1.807, 2.05) is 19.0 Å². The summed E-state index contributed by atoms with van der Waals surface area (Å²) in [6.45, 7) is 3.03. The Bertz CT molecular complexity index is 194. The predicted octanol–water partition coefficient (Wildman–Crippen LogP) is 0.534. The summed E-state index contributed by atoms with van der Waals surface area (Å²) in [6, 6.07) is 2.94. The van der Waals surface area contributed by atoms with Gasteiger partial charge in [0.05, 0.1) is 6.07 Å². The molecular weight excluding hydrogens is 150 g/mol. The summed E-state index contributed by atoms with van der Waals surface area (Å²) < 4.78 is 0. The van der Waals surface area contributed by atoms with Crippen LogP contribution in [0.1, 0.15) is 13.3 Å². The second-order valence-electron chi connectivity index (χ2n) is 4.01. The number of hydrogen-bond donors (Lipinski definition) is 0. The molecule has 1 aliphatic rings. The number of hydrogen-bond acceptors (Lipinski definition) is 3. The van der Waals surface area contributed by atoms with Crippen molar-refractivity contribution in [3.8, 4) is 6.07 Å². The smallest absolute Gasteiger partial charge is 0.123 e. The Morgan fingerprint density at radius 3 is 2.33 bits per heavy atom. The Morgan fingerprint density at radius 2 is 2.17 bits per heavy atom. The summed E-state index contributed by atoms with van der Waals surface area (Å²) >= 11 is 0. The summed E-state index contributed by atoms with van der Waals surface area (Å²) in [7, 11) is 6.04. The lowest BCUT2D eigenvalue weighted by Gasteiger charge is -2.28. The molecule has 2 unspecified atom stereocenters. The van der Waals surface area contributed by atoms with Crippen molar-refractivity contribution in [1.29, 1.82) is 5.26 Å². The van der Waals surface area contributed by atoms with Gasteiger partial charge in [-0.25, -0.2) is 0 Å². The van der Waals surface area contributed by atoms with E-state index in [9.17, 15) is 0 Å². The van der Waals surface area contributed by atoms with Crippen molar-refractivity contribution >= 4 is 0 Å². The first-order valence-corrected chi connectivity index (χ1v) is 4.31. The van der Waals surface area contributed by atoms with E-state index in [1.165, 1.54) is 0 Å². The standard InChI is InChI=1S/C9H17N3/c1-8-5-9(6-10,11(2)3)7-12(8)4/h8H,5,7H2,1-4H3. The minimum atomic E-state index is -0.256. The van der Waals surface area contributed by atoms with Gasteiger partial charge in [-0.05, 0) is 34.5 Å². The quantitative estimate of drug-likeness (QED) is 0.571. The van der Waals surface area contributed by atoms with Gasteiger partial charge in [0, 0.05) is 12.6 Å². The lowest BCUT2D eigenvalue weighted by molar-refractivity contribution is 0.219.